The average molecular weight is 426 g/mol. The number of amides is 1. The lowest BCUT2D eigenvalue weighted by Crippen LogP contribution is -2.42. The van der Waals surface area contributed by atoms with E-state index in [1.165, 1.54) is 5.56 Å². The monoisotopic (exact) mass is 425 g/mol. The fraction of sp³-hybridized carbons (Fsp3) is 0.192. The Labute approximate surface area is 188 Å². The molecule has 2 aliphatic heterocycles. The normalized spacial score (nSPS) is 17.6. The van der Waals surface area contributed by atoms with Gasteiger partial charge in [-0.15, -0.1) is 0 Å². The van der Waals surface area contributed by atoms with E-state index >= 15 is 0 Å². The van der Waals surface area contributed by atoms with Crippen LogP contribution < -0.4 is 21.7 Å². The highest BCUT2D eigenvalue weighted by molar-refractivity contribution is 6.37. The molecule has 0 radical (unpaired) electrons. The number of hydrogen-bond donors (Lipinski definition) is 4. The minimum Gasteiger partial charge on any atom is -0.399 e. The van der Waals surface area contributed by atoms with Crippen LogP contribution in [-0.2, 0) is 11.3 Å². The third kappa shape index (κ3) is 4.23. The first-order chi connectivity index (χ1) is 15.7. The van der Waals surface area contributed by atoms with Crippen LogP contribution in [0.15, 0.2) is 72.8 Å². The molecule has 1 amide bonds. The number of benzene rings is 3. The van der Waals surface area contributed by atoms with E-state index in [1.54, 1.807) is 6.07 Å². The summed E-state index contributed by atoms with van der Waals surface area (Å²) in [4.78, 5) is 15.4. The molecular formula is C26H27N5O. The molecule has 32 heavy (non-hydrogen) atoms. The predicted octanol–water partition coefficient (Wildman–Crippen LogP) is 3.61. The van der Waals surface area contributed by atoms with Crippen LogP contribution >= 0.6 is 0 Å². The number of nitrogens with zero attached hydrogens (tertiary/aromatic N) is 1. The number of piperazine rings is 1. The zero-order valence-corrected chi connectivity index (χ0v) is 17.9. The van der Waals surface area contributed by atoms with Crippen molar-refractivity contribution in [2.75, 3.05) is 42.5 Å². The smallest absolute Gasteiger partial charge is 0.258 e. The second-order valence-electron chi connectivity index (χ2n) is 8.22. The van der Waals surface area contributed by atoms with Crippen LogP contribution in [0.4, 0.5) is 17.1 Å². The van der Waals surface area contributed by atoms with Crippen molar-refractivity contribution >= 4 is 34.2 Å². The van der Waals surface area contributed by atoms with E-state index in [0.29, 0.717) is 11.3 Å². The standard InChI is InChI=1S/C26H27N5O/c27-20-8-11-23-22(16-20)24(26(32)30-23)25(19-4-2-1-3-5-19)29-21-9-6-18(7-10-21)17-31-14-12-28-13-15-31/h1-11,16,28-29H,12-15,17,27H2,(H,30,32). The van der Waals surface area contributed by atoms with Gasteiger partial charge in [0.25, 0.3) is 5.91 Å². The van der Waals surface area contributed by atoms with Gasteiger partial charge in [0.05, 0.1) is 11.3 Å². The highest BCUT2D eigenvalue weighted by Gasteiger charge is 2.28. The first kappa shape index (κ1) is 20.3. The maximum absolute atomic E-state index is 13.0. The number of fused-ring (bicyclic) bond motifs is 1. The van der Waals surface area contributed by atoms with E-state index < -0.39 is 0 Å². The Morgan fingerprint density at radius 3 is 2.47 bits per heavy atom. The number of nitrogen functional groups attached to an aromatic ring is 1. The number of nitrogens with one attached hydrogen (secondary N) is 3. The zero-order chi connectivity index (χ0) is 21.9. The molecule has 0 atom stereocenters. The molecule has 5 rings (SSSR count). The Balaban J connectivity index is 1.48. The van der Waals surface area contributed by atoms with Gasteiger partial charge in [0.15, 0.2) is 0 Å². The Morgan fingerprint density at radius 2 is 1.72 bits per heavy atom. The Morgan fingerprint density at radius 1 is 0.969 bits per heavy atom. The van der Waals surface area contributed by atoms with Crippen LogP contribution in [0.5, 0.6) is 0 Å². The molecule has 0 bridgehead atoms. The number of rotatable bonds is 5. The second-order valence-corrected chi connectivity index (χ2v) is 8.22. The molecule has 0 unspecified atom stereocenters. The summed E-state index contributed by atoms with van der Waals surface area (Å²) in [5.74, 6) is -0.132. The van der Waals surface area contributed by atoms with Crippen LogP contribution in [0.1, 0.15) is 16.7 Å². The fourth-order valence-corrected chi connectivity index (χ4v) is 4.28. The highest BCUT2D eigenvalue weighted by Crippen LogP contribution is 2.38. The van der Waals surface area contributed by atoms with Crippen molar-refractivity contribution in [3.63, 3.8) is 0 Å². The molecule has 1 saturated heterocycles. The van der Waals surface area contributed by atoms with Gasteiger partial charge in [-0.25, -0.2) is 0 Å². The van der Waals surface area contributed by atoms with E-state index in [4.69, 9.17) is 5.73 Å². The van der Waals surface area contributed by atoms with E-state index in [9.17, 15) is 4.79 Å². The number of carbonyl (C=O) groups excluding carboxylic acids is 1. The largest absolute Gasteiger partial charge is 0.399 e. The Kier molecular flexibility index (Phi) is 5.62. The fourth-order valence-electron chi connectivity index (χ4n) is 4.28. The zero-order valence-electron chi connectivity index (χ0n) is 17.9. The molecule has 0 aliphatic carbocycles. The van der Waals surface area contributed by atoms with Gasteiger partial charge >= 0.3 is 0 Å². The van der Waals surface area contributed by atoms with Crippen molar-refractivity contribution in [2.24, 2.45) is 0 Å². The minimum atomic E-state index is -0.132. The predicted molar refractivity (Wildman–Crippen MR) is 131 cm³/mol. The maximum Gasteiger partial charge on any atom is 0.258 e. The molecule has 3 aromatic carbocycles. The third-order valence-corrected chi connectivity index (χ3v) is 5.94. The molecule has 162 valence electrons. The lowest BCUT2D eigenvalue weighted by Gasteiger charge is -2.27. The molecule has 2 heterocycles. The Bertz CT molecular complexity index is 1150. The Hall–Kier alpha value is -3.61. The van der Waals surface area contributed by atoms with Crippen molar-refractivity contribution < 1.29 is 4.79 Å². The number of hydrogen-bond acceptors (Lipinski definition) is 5. The van der Waals surface area contributed by atoms with Crippen molar-refractivity contribution in [1.29, 1.82) is 0 Å². The lowest BCUT2D eigenvalue weighted by atomic mass is 9.99. The van der Waals surface area contributed by atoms with Crippen molar-refractivity contribution in [2.45, 2.75) is 6.54 Å². The van der Waals surface area contributed by atoms with Gasteiger partial charge in [-0.05, 0) is 41.5 Å². The van der Waals surface area contributed by atoms with E-state index in [-0.39, 0.29) is 5.91 Å². The first-order valence-corrected chi connectivity index (χ1v) is 11.0. The average Bonchev–Trinajstić information content (AvgIpc) is 3.14. The number of anilines is 3. The topological polar surface area (TPSA) is 82.4 Å². The lowest BCUT2D eigenvalue weighted by molar-refractivity contribution is -0.110. The number of nitrogens with two attached hydrogens (primary N) is 1. The third-order valence-electron chi connectivity index (χ3n) is 5.94. The van der Waals surface area contributed by atoms with Gasteiger partial charge in [0, 0.05) is 55.3 Å². The van der Waals surface area contributed by atoms with E-state index in [2.05, 4.69) is 45.1 Å². The van der Waals surface area contributed by atoms with E-state index in [1.807, 2.05) is 42.5 Å². The maximum atomic E-state index is 13.0. The summed E-state index contributed by atoms with van der Waals surface area (Å²) >= 11 is 0. The number of carbonyl (C=O) groups is 1. The molecule has 0 saturated carbocycles. The molecule has 6 nitrogen and oxygen atoms in total. The molecule has 1 fully saturated rings. The van der Waals surface area contributed by atoms with Crippen LogP contribution in [0.3, 0.4) is 0 Å². The van der Waals surface area contributed by atoms with Gasteiger partial charge in [-0.1, -0.05) is 42.5 Å². The summed E-state index contributed by atoms with van der Waals surface area (Å²) in [6, 6.07) is 23.9. The van der Waals surface area contributed by atoms with Gasteiger partial charge in [0.1, 0.15) is 0 Å². The highest BCUT2D eigenvalue weighted by atomic mass is 16.2. The summed E-state index contributed by atoms with van der Waals surface area (Å²) in [5.41, 5.74) is 12.8. The minimum absolute atomic E-state index is 0.132. The molecular weight excluding hydrogens is 398 g/mol. The quantitative estimate of drug-likeness (QED) is 0.371. The molecule has 2 aliphatic rings. The summed E-state index contributed by atoms with van der Waals surface area (Å²) in [6.45, 7) is 5.18. The summed E-state index contributed by atoms with van der Waals surface area (Å²) in [7, 11) is 0. The van der Waals surface area contributed by atoms with Gasteiger partial charge in [-0.2, -0.15) is 0 Å². The summed E-state index contributed by atoms with van der Waals surface area (Å²) < 4.78 is 0. The SMILES string of the molecule is Nc1ccc2c(c1)C(=C(Nc1ccc(CN3CCNCC3)cc1)c1ccccc1)C(=O)N2. The molecule has 5 N–H and O–H groups in total. The second kappa shape index (κ2) is 8.86. The molecule has 6 heteroatoms. The van der Waals surface area contributed by atoms with Crippen molar-refractivity contribution in [3.8, 4) is 0 Å². The van der Waals surface area contributed by atoms with Gasteiger partial charge in [0.2, 0.25) is 0 Å². The van der Waals surface area contributed by atoms with Gasteiger partial charge in [-0.3, -0.25) is 9.69 Å². The molecule has 0 spiro atoms. The molecule has 3 aromatic rings. The summed E-state index contributed by atoms with van der Waals surface area (Å²) in [5, 5.41) is 9.87. The van der Waals surface area contributed by atoms with Crippen LogP contribution in [0.25, 0.3) is 11.3 Å². The van der Waals surface area contributed by atoms with Crippen LogP contribution in [-0.4, -0.2) is 37.0 Å². The molecule has 0 aromatic heterocycles. The first-order valence-electron chi connectivity index (χ1n) is 11.0. The van der Waals surface area contributed by atoms with Crippen LogP contribution in [0.2, 0.25) is 0 Å². The van der Waals surface area contributed by atoms with Crippen molar-refractivity contribution in [3.05, 3.63) is 89.5 Å². The van der Waals surface area contributed by atoms with Gasteiger partial charge < -0.3 is 21.7 Å². The van der Waals surface area contributed by atoms with Crippen molar-refractivity contribution in [1.82, 2.24) is 10.2 Å². The van der Waals surface area contributed by atoms with Crippen LogP contribution in [0, 0.1) is 0 Å². The summed E-state index contributed by atoms with van der Waals surface area (Å²) in [6.07, 6.45) is 0. The van der Waals surface area contributed by atoms with E-state index in [0.717, 1.165) is 60.9 Å².